The van der Waals surface area contributed by atoms with Gasteiger partial charge >= 0.3 is 5.97 Å². The van der Waals surface area contributed by atoms with E-state index in [1.807, 2.05) is 0 Å². The molecule has 0 aliphatic rings. The molecule has 0 heterocycles. The van der Waals surface area contributed by atoms with Crippen LogP contribution in [-0.4, -0.2) is 53.9 Å². The van der Waals surface area contributed by atoms with Crippen LogP contribution in [0.2, 0.25) is 5.04 Å². The third-order valence-corrected chi connectivity index (χ3v) is 11.4. The first-order chi connectivity index (χ1) is 17.4. The standard InChI is InChI=1S/C30H46O5Si/c1-5-6-7-8-15-20-29(31)34-25-23-32-21-22-33-24-26-35-36(30(2,3)4,27-16-11-9-12-17-27)28-18-13-10-14-19-28/h9-14,16-19H,5-8,15,20-26H2,1-4H3. The largest absolute Gasteiger partial charge is 0.463 e. The molecule has 0 bridgehead atoms. The molecule has 2 aromatic rings. The molecular weight excluding hydrogens is 468 g/mol. The van der Waals surface area contributed by atoms with Crippen LogP contribution in [0.15, 0.2) is 60.7 Å². The van der Waals surface area contributed by atoms with Crippen LogP contribution in [0.25, 0.3) is 0 Å². The van der Waals surface area contributed by atoms with Crippen molar-refractivity contribution in [1.82, 2.24) is 0 Å². The second-order valence-electron chi connectivity index (χ2n) is 10.1. The van der Waals surface area contributed by atoms with Gasteiger partial charge in [0.25, 0.3) is 8.32 Å². The Balaban J connectivity index is 1.71. The average molecular weight is 515 g/mol. The van der Waals surface area contributed by atoms with Crippen molar-refractivity contribution in [3.8, 4) is 0 Å². The van der Waals surface area contributed by atoms with E-state index < -0.39 is 8.32 Å². The van der Waals surface area contributed by atoms with Gasteiger partial charge in [0.2, 0.25) is 0 Å². The summed E-state index contributed by atoms with van der Waals surface area (Å²) in [6.07, 6.45) is 6.13. The normalized spacial score (nSPS) is 12.0. The fraction of sp³-hybridized carbons (Fsp3) is 0.567. The zero-order valence-electron chi connectivity index (χ0n) is 22.8. The molecule has 0 amide bonds. The van der Waals surface area contributed by atoms with Crippen molar-refractivity contribution < 1.29 is 23.4 Å². The molecule has 0 fully saturated rings. The predicted molar refractivity (Wildman–Crippen MR) is 150 cm³/mol. The molecule has 0 aliphatic carbocycles. The monoisotopic (exact) mass is 514 g/mol. The van der Waals surface area contributed by atoms with E-state index in [0.717, 1.165) is 12.8 Å². The van der Waals surface area contributed by atoms with Gasteiger partial charge in [0, 0.05) is 6.42 Å². The summed E-state index contributed by atoms with van der Waals surface area (Å²) in [6.45, 7) is 11.7. The lowest BCUT2D eigenvalue weighted by atomic mass is 10.1. The van der Waals surface area contributed by atoms with Gasteiger partial charge in [-0.2, -0.15) is 0 Å². The molecule has 0 aromatic heterocycles. The Labute approximate surface area is 219 Å². The summed E-state index contributed by atoms with van der Waals surface area (Å²) in [5.74, 6) is -0.133. The maximum atomic E-state index is 11.7. The molecule has 0 saturated heterocycles. The number of hydrogen-bond donors (Lipinski definition) is 0. The number of hydrogen-bond acceptors (Lipinski definition) is 5. The zero-order valence-corrected chi connectivity index (χ0v) is 23.8. The summed E-state index contributed by atoms with van der Waals surface area (Å²) in [6, 6.07) is 21.2. The minimum atomic E-state index is -2.52. The number of esters is 1. The van der Waals surface area contributed by atoms with Gasteiger partial charge in [-0.3, -0.25) is 4.79 Å². The molecule has 5 nitrogen and oxygen atoms in total. The first-order valence-electron chi connectivity index (χ1n) is 13.5. The highest BCUT2D eigenvalue weighted by molar-refractivity contribution is 6.99. The third kappa shape index (κ3) is 9.81. The molecule has 0 saturated carbocycles. The summed E-state index contributed by atoms with van der Waals surface area (Å²) in [5.41, 5.74) is 0. The number of carbonyl (C=O) groups is 1. The number of ether oxygens (including phenoxy) is 3. The Bertz CT molecular complexity index is 796. The van der Waals surface area contributed by atoms with Crippen molar-refractivity contribution in [2.75, 3.05) is 39.6 Å². The fourth-order valence-electron chi connectivity index (χ4n) is 4.50. The smallest absolute Gasteiger partial charge is 0.305 e. The van der Waals surface area contributed by atoms with Crippen molar-refractivity contribution in [1.29, 1.82) is 0 Å². The summed E-state index contributed by atoms with van der Waals surface area (Å²) in [5, 5.41) is 2.48. The van der Waals surface area contributed by atoms with E-state index in [2.05, 4.69) is 88.4 Å². The van der Waals surface area contributed by atoms with E-state index in [1.54, 1.807) is 0 Å². The van der Waals surface area contributed by atoms with Crippen LogP contribution in [-0.2, 0) is 23.4 Å². The van der Waals surface area contributed by atoms with Gasteiger partial charge in [-0.15, -0.1) is 0 Å². The summed E-state index contributed by atoms with van der Waals surface area (Å²) in [4.78, 5) is 11.7. The minimum absolute atomic E-state index is 0.0498. The lowest BCUT2D eigenvalue weighted by Crippen LogP contribution is -2.66. The van der Waals surface area contributed by atoms with Crippen LogP contribution in [0.5, 0.6) is 0 Å². The van der Waals surface area contributed by atoms with Crippen molar-refractivity contribution >= 4 is 24.7 Å². The molecule has 36 heavy (non-hydrogen) atoms. The van der Waals surface area contributed by atoms with Crippen LogP contribution in [0.4, 0.5) is 0 Å². The fourth-order valence-corrected chi connectivity index (χ4v) is 9.04. The second kappa shape index (κ2) is 16.7. The second-order valence-corrected chi connectivity index (χ2v) is 14.4. The zero-order chi connectivity index (χ0) is 26.1. The molecule has 6 heteroatoms. The molecular formula is C30H46O5Si. The van der Waals surface area contributed by atoms with Gasteiger partial charge in [0.15, 0.2) is 0 Å². The molecule has 2 aromatic carbocycles. The first kappa shape index (κ1) is 30.2. The summed E-state index contributed by atoms with van der Waals surface area (Å²) in [7, 11) is -2.52. The lowest BCUT2D eigenvalue weighted by molar-refractivity contribution is -0.145. The number of rotatable bonds is 18. The molecule has 0 radical (unpaired) electrons. The Morgan fingerprint density at radius 1 is 0.694 bits per heavy atom. The minimum Gasteiger partial charge on any atom is -0.463 e. The SMILES string of the molecule is CCCCCCCC(=O)OCCOCCOCCO[Si](c1ccccc1)(c1ccccc1)C(C)(C)C. The van der Waals surface area contributed by atoms with Gasteiger partial charge in [-0.1, -0.05) is 114 Å². The Morgan fingerprint density at radius 2 is 1.19 bits per heavy atom. The van der Waals surface area contributed by atoms with Crippen molar-refractivity contribution in [3.05, 3.63) is 60.7 Å². The molecule has 0 atom stereocenters. The highest BCUT2D eigenvalue weighted by Gasteiger charge is 2.49. The van der Waals surface area contributed by atoms with E-state index in [0.29, 0.717) is 46.1 Å². The van der Waals surface area contributed by atoms with Crippen molar-refractivity contribution in [3.63, 3.8) is 0 Å². The Hall–Kier alpha value is -1.99. The van der Waals surface area contributed by atoms with Crippen molar-refractivity contribution in [2.24, 2.45) is 0 Å². The third-order valence-electron chi connectivity index (χ3n) is 6.31. The lowest BCUT2D eigenvalue weighted by Gasteiger charge is -2.43. The van der Waals surface area contributed by atoms with Crippen LogP contribution < -0.4 is 10.4 Å². The quantitative estimate of drug-likeness (QED) is 0.149. The van der Waals surface area contributed by atoms with Gasteiger partial charge < -0.3 is 18.6 Å². The van der Waals surface area contributed by atoms with Gasteiger partial charge in [-0.25, -0.2) is 0 Å². The molecule has 0 N–H and O–H groups in total. The highest BCUT2D eigenvalue weighted by Crippen LogP contribution is 2.36. The van der Waals surface area contributed by atoms with Crippen LogP contribution >= 0.6 is 0 Å². The first-order valence-corrected chi connectivity index (χ1v) is 15.4. The Kier molecular flexibility index (Phi) is 14.0. The maximum Gasteiger partial charge on any atom is 0.305 e. The molecule has 0 spiro atoms. The average Bonchev–Trinajstić information content (AvgIpc) is 2.87. The molecule has 0 unspecified atom stereocenters. The van der Waals surface area contributed by atoms with Crippen LogP contribution in [0, 0.1) is 0 Å². The molecule has 0 aliphatic heterocycles. The summed E-state index contributed by atoms with van der Waals surface area (Å²) >= 11 is 0. The number of carbonyl (C=O) groups excluding carboxylic acids is 1. The maximum absolute atomic E-state index is 11.7. The number of benzene rings is 2. The van der Waals surface area contributed by atoms with Gasteiger partial charge in [0.1, 0.15) is 6.61 Å². The molecule has 2 rings (SSSR count). The van der Waals surface area contributed by atoms with E-state index in [4.69, 9.17) is 18.6 Å². The number of unbranched alkanes of at least 4 members (excludes halogenated alkanes) is 4. The van der Waals surface area contributed by atoms with E-state index >= 15 is 0 Å². The van der Waals surface area contributed by atoms with Crippen LogP contribution in [0.3, 0.4) is 0 Å². The van der Waals surface area contributed by atoms with Crippen molar-refractivity contribution in [2.45, 2.75) is 71.3 Å². The summed E-state index contributed by atoms with van der Waals surface area (Å²) < 4.78 is 23.4. The van der Waals surface area contributed by atoms with Gasteiger partial charge in [0.05, 0.1) is 33.0 Å². The van der Waals surface area contributed by atoms with Crippen LogP contribution in [0.1, 0.15) is 66.2 Å². The van der Waals surface area contributed by atoms with Gasteiger partial charge in [-0.05, 0) is 21.8 Å². The van der Waals surface area contributed by atoms with E-state index in [9.17, 15) is 4.79 Å². The van der Waals surface area contributed by atoms with E-state index in [-0.39, 0.29) is 11.0 Å². The molecule has 200 valence electrons. The predicted octanol–water partition coefficient (Wildman–Crippen LogP) is 5.50. The topological polar surface area (TPSA) is 54.0 Å². The van der Waals surface area contributed by atoms with E-state index in [1.165, 1.54) is 29.6 Å². The Morgan fingerprint density at radius 3 is 1.72 bits per heavy atom. The highest BCUT2D eigenvalue weighted by atomic mass is 28.4.